The maximum Gasteiger partial charge on any atom is 0.208 e. The Morgan fingerprint density at radius 1 is 1.36 bits per heavy atom. The molecule has 1 N–H and O–H groups in total. The number of rotatable bonds is 8. The van der Waals surface area contributed by atoms with Crippen LogP contribution in [0.5, 0.6) is 5.75 Å². The first kappa shape index (κ1) is 23.9. The molecule has 2 aromatic heterocycles. The number of benzene rings is 1. The standard InChI is InChI=1S/C21H23Cl2N5O4S/c1-33(29,30)26-6-7-27-13-15(14-11-25-28(12-14)18-4-2-3-8-32-18)19-17(31-9-5-24)10-16(22)20(23)21(19)27/h10-13,18,26H,2-4,6-9H2,1H3. The first-order valence-corrected chi connectivity index (χ1v) is 13.0. The third-order valence-electron chi connectivity index (χ3n) is 5.37. The molecule has 1 unspecified atom stereocenters. The van der Waals surface area contributed by atoms with E-state index in [1.54, 1.807) is 16.9 Å². The van der Waals surface area contributed by atoms with Crippen LogP contribution in [-0.4, -0.2) is 48.8 Å². The van der Waals surface area contributed by atoms with Crippen LogP contribution in [0.2, 0.25) is 10.0 Å². The number of hydrogen-bond donors (Lipinski definition) is 1. The molecule has 1 aromatic carbocycles. The molecule has 0 bridgehead atoms. The number of nitrogens with zero attached hydrogens (tertiary/aromatic N) is 4. The fourth-order valence-corrected chi connectivity index (χ4v) is 4.85. The van der Waals surface area contributed by atoms with E-state index in [9.17, 15) is 8.42 Å². The zero-order valence-electron chi connectivity index (χ0n) is 17.9. The molecule has 0 amide bonds. The van der Waals surface area contributed by atoms with Gasteiger partial charge in [0.15, 0.2) is 6.61 Å². The van der Waals surface area contributed by atoms with Crippen LogP contribution in [-0.2, 0) is 21.3 Å². The number of nitrogens with one attached hydrogen (secondary N) is 1. The molecule has 4 rings (SSSR count). The normalized spacial score (nSPS) is 16.7. The molecule has 0 saturated carbocycles. The number of hydrogen-bond acceptors (Lipinski definition) is 6. The van der Waals surface area contributed by atoms with E-state index in [1.807, 2.05) is 23.0 Å². The second-order valence-electron chi connectivity index (χ2n) is 7.77. The number of halogens is 2. The maximum absolute atomic E-state index is 11.5. The molecule has 0 aliphatic carbocycles. The lowest BCUT2D eigenvalue weighted by Gasteiger charge is -2.22. The third kappa shape index (κ3) is 5.28. The van der Waals surface area contributed by atoms with Crippen LogP contribution in [0.15, 0.2) is 24.7 Å². The van der Waals surface area contributed by atoms with Crippen LogP contribution < -0.4 is 9.46 Å². The van der Waals surface area contributed by atoms with E-state index in [2.05, 4.69) is 9.82 Å². The van der Waals surface area contributed by atoms with E-state index in [4.69, 9.17) is 37.9 Å². The van der Waals surface area contributed by atoms with E-state index in [0.717, 1.165) is 36.6 Å². The molecule has 1 aliphatic heterocycles. The van der Waals surface area contributed by atoms with Gasteiger partial charge in [-0.15, -0.1) is 0 Å². The Bertz CT molecular complexity index is 1310. The Morgan fingerprint density at radius 2 is 2.18 bits per heavy atom. The molecule has 3 heterocycles. The number of sulfonamides is 1. The van der Waals surface area contributed by atoms with E-state index >= 15 is 0 Å². The van der Waals surface area contributed by atoms with Gasteiger partial charge >= 0.3 is 0 Å². The van der Waals surface area contributed by atoms with Gasteiger partial charge in [0.2, 0.25) is 10.0 Å². The third-order valence-corrected chi connectivity index (χ3v) is 6.88. The van der Waals surface area contributed by atoms with Crippen LogP contribution in [0, 0.1) is 11.3 Å². The quantitative estimate of drug-likeness (QED) is 0.489. The highest BCUT2D eigenvalue weighted by Crippen LogP contribution is 2.44. The van der Waals surface area contributed by atoms with Gasteiger partial charge in [0.1, 0.15) is 18.0 Å². The van der Waals surface area contributed by atoms with Gasteiger partial charge in [-0.1, -0.05) is 23.2 Å². The van der Waals surface area contributed by atoms with Gasteiger partial charge in [-0.25, -0.2) is 17.8 Å². The molecule has 176 valence electrons. The number of aromatic nitrogens is 3. The molecule has 1 saturated heterocycles. The van der Waals surface area contributed by atoms with Gasteiger partial charge in [-0.2, -0.15) is 10.4 Å². The first-order chi connectivity index (χ1) is 15.8. The maximum atomic E-state index is 11.5. The second kappa shape index (κ2) is 9.91. The molecule has 1 atom stereocenters. The fourth-order valence-electron chi connectivity index (χ4n) is 3.94. The topological polar surface area (TPSA) is 111 Å². The molecular formula is C21H23Cl2N5O4S. The largest absolute Gasteiger partial charge is 0.478 e. The highest BCUT2D eigenvalue weighted by molar-refractivity contribution is 7.88. The van der Waals surface area contributed by atoms with Crippen molar-refractivity contribution < 1.29 is 17.9 Å². The summed E-state index contributed by atoms with van der Waals surface area (Å²) in [4.78, 5) is 0. The number of fused-ring (bicyclic) bond motifs is 1. The van der Waals surface area contributed by atoms with Crippen molar-refractivity contribution in [1.29, 1.82) is 5.26 Å². The predicted octanol–water partition coefficient (Wildman–Crippen LogP) is 3.96. The molecule has 0 spiro atoms. The van der Waals surface area contributed by atoms with Crippen molar-refractivity contribution in [2.75, 3.05) is 26.0 Å². The van der Waals surface area contributed by atoms with Crippen molar-refractivity contribution >= 4 is 44.1 Å². The van der Waals surface area contributed by atoms with Crippen molar-refractivity contribution in [2.45, 2.75) is 32.0 Å². The van der Waals surface area contributed by atoms with Crippen molar-refractivity contribution in [2.24, 2.45) is 0 Å². The summed E-state index contributed by atoms with van der Waals surface area (Å²) >= 11 is 12.9. The summed E-state index contributed by atoms with van der Waals surface area (Å²) in [7, 11) is -3.35. The Balaban J connectivity index is 1.81. The van der Waals surface area contributed by atoms with Crippen molar-refractivity contribution in [1.82, 2.24) is 19.1 Å². The molecule has 1 aliphatic rings. The van der Waals surface area contributed by atoms with Crippen molar-refractivity contribution in [3.8, 4) is 22.9 Å². The summed E-state index contributed by atoms with van der Waals surface area (Å²) < 4.78 is 40.7. The van der Waals surface area contributed by atoms with E-state index < -0.39 is 10.0 Å². The Hall–Kier alpha value is -2.29. The minimum Gasteiger partial charge on any atom is -0.478 e. The van der Waals surface area contributed by atoms with E-state index in [-0.39, 0.29) is 24.4 Å². The Morgan fingerprint density at radius 3 is 2.88 bits per heavy atom. The lowest BCUT2D eigenvalue weighted by molar-refractivity contribution is -0.0394. The van der Waals surface area contributed by atoms with Gasteiger partial charge in [-0.05, 0) is 19.3 Å². The van der Waals surface area contributed by atoms with Crippen molar-refractivity contribution in [3.63, 3.8) is 0 Å². The summed E-state index contributed by atoms with van der Waals surface area (Å²) in [6, 6.07) is 3.55. The molecule has 1 fully saturated rings. The predicted molar refractivity (Wildman–Crippen MR) is 126 cm³/mol. The van der Waals surface area contributed by atoms with E-state index in [0.29, 0.717) is 34.8 Å². The monoisotopic (exact) mass is 511 g/mol. The van der Waals surface area contributed by atoms with Crippen LogP contribution >= 0.6 is 23.2 Å². The highest BCUT2D eigenvalue weighted by Gasteiger charge is 2.23. The summed E-state index contributed by atoms with van der Waals surface area (Å²) in [5.74, 6) is 0.410. The molecule has 33 heavy (non-hydrogen) atoms. The SMILES string of the molecule is CS(=O)(=O)NCCn1cc(-c2cnn(C3CCCCO3)c2)c2c(OCC#N)cc(Cl)c(Cl)c21. The van der Waals surface area contributed by atoms with Gasteiger partial charge < -0.3 is 14.0 Å². The average Bonchev–Trinajstić information content (AvgIpc) is 3.41. The summed E-state index contributed by atoms with van der Waals surface area (Å²) in [6.07, 6.45) is 9.49. The zero-order chi connectivity index (χ0) is 23.6. The summed E-state index contributed by atoms with van der Waals surface area (Å²) in [5, 5.41) is 14.8. The second-order valence-corrected chi connectivity index (χ2v) is 10.4. The molecule has 0 radical (unpaired) electrons. The van der Waals surface area contributed by atoms with Crippen LogP contribution in [0.1, 0.15) is 25.5 Å². The van der Waals surface area contributed by atoms with E-state index in [1.165, 1.54) is 0 Å². The van der Waals surface area contributed by atoms with Crippen LogP contribution in [0.4, 0.5) is 0 Å². The minimum atomic E-state index is -3.35. The smallest absolute Gasteiger partial charge is 0.208 e. The van der Waals surface area contributed by atoms with Gasteiger partial charge in [0.25, 0.3) is 0 Å². The minimum absolute atomic E-state index is 0.118. The first-order valence-electron chi connectivity index (χ1n) is 10.4. The van der Waals surface area contributed by atoms with Gasteiger partial charge in [0.05, 0.1) is 33.4 Å². The summed E-state index contributed by atoms with van der Waals surface area (Å²) in [5.41, 5.74) is 2.17. The van der Waals surface area contributed by atoms with Crippen LogP contribution in [0.3, 0.4) is 0 Å². The molecular weight excluding hydrogens is 489 g/mol. The van der Waals surface area contributed by atoms with Gasteiger partial charge in [0, 0.05) is 49.3 Å². The Labute approximate surface area is 201 Å². The van der Waals surface area contributed by atoms with Crippen molar-refractivity contribution in [3.05, 3.63) is 34.7 Å². The zero-order valence-corrected chi connectivity index (χ0v) is 20.3. The molecule has 12 heteroatoms. The molecule has 9 nitrogen and oxygen atoms in total. The molecule has 3 aromatic rings. The van der Waals surface area contributed by atoms with Crippen LogP contribution in [0.25, 0.3) is 22.0 Å². The summed E-state index contributed by atoms with van der Waals surface area (Å²) in [6.45, 7) is 1.00. The number of nitriles is 1. The van der Waals surface area contributed by atoms with Gasteiger partial charge in [-0.3, -0.25) is 0 Å². The lowest BCUT2D eigenvalue weighted by atomic mass is 10.1. The number of ether oxygens (including phenoxy) is 2. The fraction of sp³-hybridized carbons (Fsp3) is 0.429. The highest BCUT2D eigenvalue weighted by atomic mass is 35.5. The Kier molecular flexibility index (Phi) is 7.16. The lowest BCUT2D eigenvalue weighted by Crippen LogP contribution is -2.25. The average molecular weight is 512 g/mol.